The third kappa shape index (κ3) is 1.89. The van der Waals surface area contributed by atoms with Crippen molar-refractivity contribution in [2.45, 2.75) is 19.4 Å². The first kappa shape index (κ1) is 11.9. The quantitative estimate of drug-likeness (QED) is 0.799. The molecular formula is C13H18N2O2. The third-order valence-corrected chi connectivity index (χ3v) is 3.23. The zero-order valence-corrected chi connectivity index (χ0v) is 10.5. The summed E-state index contributed by atoms with van der Waals surface area (Å²) in [7, 11) is 3.64. The number of nitrogens with zero attached hydrogens (tertiary/aromatic N) is 1. The molecule has 92 valence electrons. The number of fused-ring (bicyclic) bond motifs is 1. The van der Waals surface area contributed by atoms with Gasteiger partial charge in [0.05, 0.1) is 18.7 Å². The highest BCUT2D eigenvalue weighted by Crippen LogP contribution is 2.37. The Morgan fingerprint density at radius 1 is 1.53 bits per heavy atom. The lowest BCUT2D eigenvalue weighted by Crippen LogP contribution is -2.27. The highest BCUT2D eigenvalue weighted by molar-refractivity contribution is 6.03. The standard InChI is InChI=1S/C13H18N2O2/c1-8(14)12(16)10-4-5-11-9(13(10)17-3)6-7-15(11)2/h4-5,8H,6-7,14H2,1-3H3. The summed E-state index contributed by atoms with van der Waals surface area (Å²) in [5.41, 5.74) is 8.50. The van der Waals surface area contributed by atoms with Gasteiger partial charge in [-0.3, -0.25) is 4.79 Å². The van der Waals surface area contributed by atoms with Gasteiger partial charge in [0.25, 0.3) is 0 Å². The van der Waals surface area contributed by atoms with Crippen LogP contribution in [0, 0.1) is 0 Å². The van der Waals surface area contributed by atoms with Crippen molar-refractivity contribution < 1.29 is 9.53 Å². The van der Waals surface area contributed by atoms with Crippen molar-refractivity contribution >= 4 is 11.5 Å². The molecule has 1 unspecified atom stereocenters. The van der Waals surface area contributed by atoms with E-state index in [2.05, 4.69) is 4.90 Å². The molecule has 0 aromatic heterocycles. The summed E-state index contributed by atoms with van der Waals surface area (Å²) in [6.07, 6.45) is 0.912. The van der Waals surface area contributed by atoms with E-state index in [4.69, 9.17) is 10.5 Å². The molecule has 4 nitrogen and oxygen atoms in total. The Morgan fingerprint density at radius 2 is 2.24 bits per heavy atom. The van der Waals surface area contributed by atoms with Crippen LogP contribution in [0.3, 0.4) is 0 Å². The average molecular weight is 234 g/mol. The Hall–Kier alpha value is -1.55. The SMILES string of the molecule is COc1c(C(=O)C(C)N)ccc2c1CCN2C. The van der Waals surface area contributed by atoms with E-state index in [1.54, 1.807) is 14.0 Å². The maximum absolute atomic E-state index is 12.0. The molecule has 1 atom stereocenters. The summed E-state index contributed by atoms with van der Waals surface area (Å²) in [6.45, 7) is 2.66. The van der Waals surface area contributed by atoms with Crippen LogP contribution in [0.1, 0.15) is 22.8 Å². The summed E-state index contributed by atoms with van der Waals surface area (Å²) in [5.74, 6) is 0.619. The molecule has 1 aliphatic rings. The maximum Gasteiger partial charge on any atom is 0.182 e. The predicted molar refractivity (Wildman–Crippen MR) is 67.9 cm³/mol. The number of anilines is 1. The first-order valence-electron chi connectivity index (χ1n) is 5.77. The van der Waals surface area contributed by atoms with Crippen molar-refractivity contribution in [1.82, 2.24) is 0 Å². The second-order valence-electron chi connectivity index (χ2n) is 4.47. The van der Waals surface area contributed by atoms with E-state index in [1.165, 1.54) is 0 Å². The van der Waals surface area contributed by atoms with Crippen LogP contribution in [0.25, 0.3) is 0 Å². The van der Waals surface area contributed by atoms with Gasteiger partial charge >= 0.3 is 0 Å². The monoisotopic (exact) mass is 234 g/mol. The fourth-order valence-electron chi connectivity index (χ4n) is 2.29. The number of ketones is 1. The topological polar surface area (TPSA) is 55.6 Å². The number of rotatable bonds is 3. The number of ether oxygens (including phenoxy) is 1. The summed E-state index contributed by atoms with van der Waals surface area (Å²) in [6, 6.07) is 3.28. The number of hydrogen-bond acceptors (Lipinski definition) is 4. The first-order chi connectivity index (χ1) is 8.06. The van der Waals surface area contributed by atoms with E-state index in [0.717, 1.165) is 24.2 Å². The van der Waals surface area contributed by atoms with Crippen LogP contribution in [0.5, 0.6) is 5.75 Å². The minimum Gasteiger partial charge on any atom is -0.496 e. The Kier molecular flexibility index (Phi) is 3.07. The van der Waals surface area contributed by atoms with Crippen molar-refractivity contribution in [1.29, 1.82) is 0 Å². The smallest absolute Gasteiger partial charge is 0.182 e. The van der Waals surface area contributed by atoms with Gasteiger partial charge in [0, 0.05) is 24.8 Å². The molecule has 0 bridgehead atoms. The molecule has 1 aromatic carbocycles. The van der Waals surface area contributed by atoms with Crippen LogP contribution in [0.15, 0.2) is 12.1 Å². The molecule has 0 radical (unpaired) electrons. The van der Waals surface area contributed by atoms with E-state index in [0.29, 0.717) is 11.3 Å². The number of benzene rings is 1. The van der Waals surface area contributed by atoms with Gasteiger partial charge in [-0.05, 0) is 25.5 Å². The highest BCUT2D eigenvalue weighted by atomic mass is 16.5. The molecule has 1 aliphatic heterocycles. The summed E-state index contributed by atoms with van der Waals surface area (Å²) in [5, 5.41) is 0. The number of nitrogens with two attached hydrogens (primary N) is 1. The molecule has 1 aromatic rings. The van der Waals surface area contributed by atoms with Gasteiger partial charge in [0.1, 0.15) is 5.75 Å². The van der Waals surface area contributed by atoms with Crippen LogP contribution < -0.4 is 15.4 Å². The molecule has 1 heterocycles. The summed E-state index contributed by atoms with van der Waals surface area (Å²) in [4.78, 5) is 14.2. The van der Waals surface area contributed by atoms with E-state index >= 15 is 0 Å². The fourth-order valence-corrected chi connectivity index (χ4v) is 2.29. The number of carbonyl (C=O) groups is 1. The zero-order valence-electron chi connectivity index (χ0n) is 10.5. The molecule has 0 aliphatic carbocycles. The average Bonchev–Trinajstić information content (AvgIpc) is 2.69. The van der Waals surface area contributed by atoms with Crippen molar-refractivity contribution in [2.75, 3.05) is 25.6 Å². The van der Waals surface area contributed by atoms with Crippen LogP contribution in [0.2, 0.25) is 0 Å². The molecule has 0 saturated heterocycles. The molecule has 0 amide bonds. The second kappa shape index (κ2) is 4.37. The van der Waals surface area contributed by atoms with E-state index in [1.807, 2.05) is 19.2 Å². The van der Waals surface area contributed by atoms with E-state index in [-0.39, 0.29) is 5.78 Å². The fraction of sp³-hybridized carbons (Fsp3) is 0.462. The summed E-state index contributed by atoms with van der Waals surface area (Å²) < 4.78 is 5.40. The van der Waals surface area contributed by atoms with Gasteiger partial charge in [-0.1, -0.05) is 0 Å². The Balaban J connectivity index is 2.53. The van der Waals surface area contributed by atoms with Gasteiger partial charge in [-0.15, -0.1) is 0 Å². The third-order valence-electron chi connectivity index (χ3n) is 3.23. The van der Waals surface area contributed by atoms with Crippen LogP contribution in [-0.4, -0.2) is 32.5 Å². The van der Waals surface area contributed by atoms with Gasteiger partial charge in [0.15, 0.2) is 5.78 Å². The Labute approximate surface area is 101 Å². The Bertz CT molecular complexity index is 455. The van der Waals surface area contributed by atoms with Crippen molar-refractivity contribution in [3.8, 4) is 5.75 Å². The minimum absolute atomic E-state index is 0.0702. The molecule has 17 heavy (non-hydrogen) atoms. The number of Topliss-reactive ketones (excluding diaryl/α,β-unsaturated/α-hetero) is 1. The van der Waals surface area contributed by atoms with Crippen LogP contribution in [0.4, 0.5) is 5.69 Å². The summed E-state index contributed by atoms with van der Waals surface area (Å²) >= 11 is 0. The number of methoxy groups -OCH3 is 1. The van der Waals surface area contributed by atoms with E-state index in [9.17, 15) is 4.79 Å². The lowest BCUT2D eigenvalue weighted by molar-refractivity contribution is 0.0965. The first-order valence-corrected chi connectivity index (χ1v) is 5.77. The predicted octanol–water partition coefficient (Wildman–Crippen LogP) is 1.22. The zero-order chi connectivity index (χ0) is 12.6. The van der Waals surface area contributed by atoms with Gasteiger partial charge in [-0.2, -0.15) is 0 Å². The van der Waals surface area contributed by atoms with Crippen molar-refractivity contribution in [2.24, 2.45) is 5.73 Å². The number of hydrogen-bond donors (Lipinski definition) is 1. The van der Waals surface area contributed by atoms with Crippen LogP contribution >= 0.6 is 0 Å². The largest absolute Gasteiger partial charge is 0.496 e. The minimum atomic E-state index is -0.499. The molecule has 0 fully saturated rings. The molecule has 2 rings (SSSR count). The van der Waals surface area contributed by atoms with Gasteiger partial charge in [-0.25, -0.2) is 0 Å². The van der Waals surface area contributed by atoms with Crippen molar-refractivity contribution in [3.63, 3.8) is 0 Å². The lowest BCUT2D eigenvalue weighted by Gasteiger charge is -2.16. The second-order valence-corrected chi connectivity index (χ2v) is 4.47. The lowest BCUT2D eigenvalue weighted by atomic mass is 10.00. The highest BCUT2D eigenvalue weighted by Gasteiger charge is 2.25. The van der Waals surface area contributed by atoms with Gasteiger partial charge in [0.2, 0.25) is 0 Å². The molecule has 0 spiro atoms. The number of carbonyl (C=O) groups excluding carboxylic acids is 1. The molecule has 0 saturated carbocycles. The van der Waals surface area contributed by atoms with Gasteiger partial charge < -0.3 is 15.4 Å². The molecule has 4 heteroatoms. The van der Waals surface area contributed by atoms with E-state index < -0.39 is 6.04 Å². The normalized spacial score (nSPS) is 15.6. The van der Waals surface area contributed by atoms with Crippen LogP contribution in [-0.2, 0) is 6.42 Å². The molecular weight excluding hydrogens is 216 g/mol. The maximum atomic E-state index is 12.0. The molecule has 2 N–H and O–H groups in total. The number of likely N-dealkylation sites (N-methyl/N-ethyl adjacent to an activating group) is 1. The Morgan fingerprint density at radius 3 is 2.82 bits per heavy atom. The van der Waals surface area contributed by atoms with Crippen molar-refractivity contribution in [3.05, 3.63) is 23.3 Å².